The second-order valence-electron chi connectivity index (χ2n) is 12.3. The fraction of sp³-hybridized carbons (Fsp3) is 0.0222. The Morgan fingerprint density at radius 1 is 0.375 bits per heavy atom. The van der Waals surface area contributed by atoms with Crippen LogP contribution in [0.1, 0.15) is 33.4 Å². The van der Waals surface area contributed by atoms with Crippen LogP contribution in [0.3, 0.4) is 0 Å². The van der Waals surface area contributed by atoms with Crippen LogP contribution in [0.15, 0.2) is 158 Å². The predicted molar refractivity (Wildman–Crippen MR) is 190 cm³/mol. The van der Waals surface area contributed by atoms with E-state index in [1.807, 2.05) is 60.7 Å². The zero-order valence-electron chi connectivity index (χ0n) is 25.8. The molecular formula is C45H26N2O. The molecule has 0 bridgehead atoms. The average molecular weight is 611 g/mol. The lowest BCUT2D eigenvalue weighted by Gasteiger charge is -2.42. The number of para-hydroxylation sites is 2. The Balaban J connectivity index is 1.46. The molecule has 7 aromatic rings. The van der Waals surface area contributed by atoms with Crippen molar-refractivity contribution in [1.82, 2.24) is 0 Å². The molecule has 1 aliphatic heterocycles. The van der Waals surface area contributed by atoms with Gasteiger partial charge >= 0.3 is 0 Å². The fourth-order valence-electron chi connectivity index (χ4n) is 7.69. The van der Waals surface area contributed by atoms with Gasteiger partial charge in [-0.3, -0.25) is 0 Å². The Morgan fingerprint density at radius 3 is 1.21 bits per heavy atom. The number of nitrogens with zero attached hydrogens (tertiary/aromatic N) is 2. The van der Waals surface area contributed by atoms with Gasteiger partial charge in [-0.25, -0.2) is 0 Å². The summed E-state index contributed by atoms with van der Waals surface area (Å²) < 4.78 is 6.67. The van der Waals surface area contributed by atoms with E-state index in [2.05, 4.69) is 109 Å². The van der Waals surface area contributed by atoms with E-state index >= 15 is 0 Å². The smallest absolute Gasteiger partial charge is 0.132 e. The largest absolute Gasteiger partial charge is 0.457 e. The topological polar surface area (TPSA) is 56.8 Å². The van der Waals surface area contributed by atoms with Gasteiger partial charge in [0.05, 0.1) is 28.7 Å². The lowest BCUT2D eigenvalue weighted by molar-refractivity contribution is 0.435. The first kappa shape index (κ1) is 27.6. The monoisotopic (exact) mass is 610 g/mol. The first-order valence-electron chi connectivity index (χ1n) is 16.0. The predicted octanol–water partition coefficient (Wildman–Crippen LogP) is 10.9. The Kier molecular flexibility index (Phi) is 6.16. The Hall–Kier alpha value is -6.68. The molecule has 3 nitrogen and oxygen atoms in total. The highest BCUT2D eigenvalue weighted by molar-refractivity contribution is 5.95. The molecule has 1 aliphatic carbocycles. The number of rotatable bonds is 2. The third kappa shape index (κ3) is 3.99. The van der Waals surface area contributed by atoms with Crippen molar-refractivity contribution < 1.29 is 4.74 Å². The standard InChI is InChI=1S/C45H26N2O/c46-27-29-13-17-31(18-14-29)33-21-23-37-35-7-1-2-8-36(35)38-24-22-34(32-19-15-30(28-47)16-20-32)26-42(38)45(41(37)25-33)39-9-3-5-11-43(39)48-44-12-6-4-10-40(44)45/h1-26H. The number of fused-ring (bicyclic) bond motifs is 11. The van der Waals surface area contributed by atoms with Crippen molar-refractivity contribution in [3.05, 3.63) is 191 Å². The second-order valence-corrected chi connectivity index (χ2v) is 12.3. The van der Waals surface area contributed by atoms with Gasteiger partial charge in [0, 0.05) is 11.1 Å². The van der Waals surface area contributed by atoms with Crippen LogP contribution in [-0.4, -0.2) is 0 Å². The maximum Gasteiger partial charge on any atom is 0.132 e. The maximum atomic E-state index is 9.48. The van der Waals surface area contributed by atoms with Crippen molar-refractivity contribution in [2.45, 2.75) is 5.41 Å². The highest BCUT2D eigenvalue weighted by Crippen LogP contribution is 2.61. The van der Waals surface area contributed by atoms with Crippen LogP contribution < -0.4 is 4.74 Å². The SMILES string of the molecule is N#Cc1ccc(-c2ccc3c(c2)C2(c4ccccc4Oc4ccccc42)c2cc(-c4ccc(C#N)cc4)ccc2-c2ccccc2-3)cc1. The van der Waals surface area contributed by atoms with Crippen LogP contribution in [0.4, 0.5) is 0 Å². The van der Waals surface area contributed by atoms with Crippen molar-refractivity contribution >= 4 is 0 Å². The Bertz CT molecular complexity index is 2320. The van der Waals surface area contributed by atoms with Crippen molar-refractivity contribution in [3.8, 4) is 68.1 Å². The molecule has 0 aromatic heterocycles. The molecule has 0 amide bonds. The van der Waals surface area contributed by atoms with Gasteiger partial charge in [-0.05, 0) is 104 Å². The average Bonchev–Trinajstić information content (AvgIpc) is 3.26. The summed E-state index contributed by atoms with van der Waals surface area (Å²) >= 11 is 0. The molecule has 9 rings (SSSR count). The third-order valence-corrected chi connectivity index (χ3v) is 9.85. The molecule has 2 aliphatic rings. The van der Waals surface area contributed by atoms with E-state index in [-0.39, 0.29) is 0 Å². The van der Waals surface area contributed by atoms with Gasteiger partial charge in [0.2, 0.25) is 0 Å². The van der Waals surface area contributed by atoms with Gasteiger partial charge in [-0.2, -0.15) is 10.5 Å². The zero-order valence-corrected chi connectivity index (χ0v) is 25.8. The van der Waals surface area contributed by atoms with E-state index in [9.17, 15) is 10.5 Å². The van der Waals surface area contributed by atoms with Gasteiger partial charge in [-0.1, -0.05) is 109 Å². The molecule has 0 unspecified atom stereocenters. The second kappa shape index (κ2) is 10.7. The van der Waals surface area contributed by atoms with Crippen LogP contribution in [0.5, 0.6) is 11.5 Å². The summed E-state index contributed by atoms with van der Waals surface area (Å²) in [6, 6.07) is 59.2. The molecule has 0 atom stereocenters. The summed E-state index contributed by atoms with van der Waals surface area (Å²) in [7, 11) is 0. The quantitative estimate of drug-likeness (QED) is 0.196. The molecule has 0 saturated heterocycles. The third-order valence-electron chi connectivity index (χ3n) is 9.85. The molecule has 0 radical (unpaired) electrons. The highest BCUT2D eigenvalue weighted by atomic mass is 16.5. The van der Waals surface area contributed by atoms with E-state index in [4.69, 9.17) is 4.74 Å². The van der Waals surface area contributed by atoms with Crippen molar-refractivity contribution in [2.75, 3.05) is 0 Å². The van der Waals surface area contributed by atoms with Gasteiger partial charge in [0.15, 0.2) is 0 Å². The Labute approximate surface area is 279 Å². The maximum absolute atomic E-state index is 9.48. The molecule has 48 heavy (non-hydrogen) atoms. The summed E-state index contributed by atoms with van der Waals surface area (Å²) in [4.78, 5) is 0. The summed E-state index contributed by atoms with van der Waals surface area (Å²) in [6.07, 6.45) is 0. The molecule has 0 saturated carbocycles. The van der Waals surface area contributed by atoms with Crippen molar-refractivity contribution in [1.29, 1.82) is 10.5 Å². The van der Waals surface area contributed by atoms with E-state index < -0.39 is 5.41 Å². The minimum absolute atomic E-state index is 0.635. The molecule has 3 heteroatoms. The van der Waals surface area contributed by atoms with E-state index in [1.165, 1.54) is 11.1 Å². The first-order valence-corrected chi connectivity index (χ1v) is 16.0. The van der Waals surface area contributed by atoms with Crippen LogP contribution in [0, 0.1) is 22.7 Å². The van der Waals surface area contributed by atoms with Gasteiger partial charge < -0.3 is 4.74 Å². The molecule has 1 spiro atoms. The number of benzene rings is 7. The molecule has 0 fully saturated rings. The van der Waals surface area contributed by atoms with Gasteiger partial charge in [0.25, 0.3) is 0 Å². The molecule has 7 aromatic carbocycles. The summed E-state index contributed by atoms with van der Waals surface area (Å²) in [6.45, 7) is 0. The van der Waals surface area contributed by atoms with Crippen LogP contribution in [-0.2, 0) is 5.41 Å². The normalized spacial score (nSPS) is 12.9. The van der Waals surface area contributed by atoms with Gasteiger partial charge in [0.1, 0.15) is 11.5 Å². The number of hydrogen-bond donors (Lipinski definition) is 0. The molecule has 1 heterocycles. The Morgan fingerprint density at radius 2 is 0.771 bits per heavy atom. The van der Waals surface area contributed by atoms with Crippen LogP contribution in [0.25, 0.3) is 44.5 Å². The van der Waals surface area contributed by atoms with Crippen molar-refractivity contribution in [3.63, 3.8) is 0 Å². The summed E-state index contributed by atoms with van der Waals surface area (Å²) in [5, 5.41) is 19.0. The minimum atomic E-state index is -0.750. The summed E-state index contributed by atoms with van der Waals surface area (Å²) in [5.41, 5.74) is 13.9. The van der Waals surface area contributed by atoms with E-state index in [0.717, 1.165) is 67.1 Å². The zero-order chi connectivity index (χ0) is 32.2. The van der Waals surface area contributed by atoms with Crippen LogP contribution >= 0.6 is 0 Å². The number of hydrogen-bond acceptors (Lipinski definition) is 3. The highest BCUT2D eigenvalue weighted by Gasteiger charge is 2.49. The number of ether oxygens (including phenoxy) is 1. The molecule has 222 valence electrons. The first-order chi connectivity index (χ1) is 23.7. The van der Waals surface area contributed by atoms with E-state index in [0.29, 0.717) is 11.1 Å². The number of nitriles is 2. The van der Waals surface area contributed by atoms with Crippen molar-refractivity contribution in [2.24, 2.45) is 0 Å². The fourth-order valence-corrected chi connectivity index (χ4v) is 7.69. The summed E-state index contributed by atoms with van der Waals surface area (Å²) in [5.74, 6) is 1.65. The minimum Gasteiger partial charge on any atom is -0.457 e. The van der Waals surface area contributed by atoms with Crippen LogP contribution in [0.2, 0.25) is 0 Å². The van der Waals surface area contributed by atoms with Gasteiger partial charge in [-0.15, -0.1) is 0 Å². The van der Waals surface area contributed by atoms with E-state index in [1.54, 1.807) is 0 Å². The lowest BCUT2D eigenvalue weighted by Crippen LogP contribution is -2.34. The lowest BCUT2D eigenvalue weighted by atomic mass is 9.61. The molecule has 0 N–H and O–H groups in total. The molecular weight excluding hydrogens is 585 g/mol.